The minimum absolute atomic E-state index is 0.153. The zero-order valence-electron chi connectivity index (χ0n) is 24.0. The van der Waals surface area contributed by atoms with Gasteiger partial charge in [-0.05, 0) is 59.2 Å². The second kappa shape index (κ2) is 8.45. The van der Waals surface area contributed by atoms with Crippen LogP contribution < -0.4 is 5.32 Å². The summed E-state index contributed by atoms with van der Waals surface area (Å²) in [5, 5.41) is 9.33. The Labute approximate surface area is 253 Å². The van der Waals surface area contributed by atoms with Gasteiger partial charge in [-0.1, -0.05) is 97.1 Å². The summed E-state index contributed by atoms with van der Waals surface area (Å²) in [6.45, 7) is 2.29. The summed E-state index contributed by atoms with van der Waals surface area (Å²) in [5.74, 6) is 0.754. The van der Waals surface area contributed by atoms with Crippen LogP contribution in [0, 0.1) is 0 Å². The van der Waals surface area contributed by atoms with Crippen molar-refractivity contribution < 1.29 is 4.42 Å². The summed E-state index contributed by atoms with van der Waals surface area (Å²) >= 11 is 0. The molecule has 2 unspecified atom stereocenters. The zero-order chi connectivity index (χ0) is 29.0. The molecule has 10 rings (SSSR count). The standard InChI is InChI=1S/C39H26N4O/c1-39-21-20-31-33(35(39)26-12-4-7-15-29(26)42-39)27-13-5-8-16-30(27)43(31)38-40-36(25-19-18-23-10-2-3-11-24(23)22-25)34-28-14-6-9-17-32(28)44-37(34)41-38/h2-22,35,42H,1H3. The van der Waals surface area contributed by atoms with Gasteiger partial charge in [-0.2, -0.15) is 4.98 Å². The average Bonchev–Trinajstić information content (AvgIpc) is 3.70. The fraction of sp³-hybridized carbons (Fsp3) is 0.0769. The number of rotatable bonds is 2. The molecule has 5 aromatic carbocycles. The summed E-state index contributed by atoms with van der Waals surface area (Å²) < 4.78 is 8.66. The van der Waals surface area contributed by atoms with Crippen LogP contribution in [0.1, 0.15) is 29.7 Å². The van der Waals surface area contributed by atoms with Crippen LogP contribution in [0.25, 0.3) is 67.0 Å². The topological polar surface area (TPSA) is 55.9 Å². The molecule has 2 atom stereocenters. The smallest absolute Gasteiger partial charge is 0.238 e. The van der Waals surface area contributed by atoms with E-state index in [1.807, 2.05) is 18.2 Å². The molecule has 0 bridgehead atoms. The minimum Gasteiger partial charge on any atom is -0.437 e. The number of benzene rings is 5. The Morgan fingerprint density at radius 3 is 2.48 bits per heavy atom. The Hall–Kier alpha value is -5.68. The molecule has 0 saturated carbocycles. The molecule has 0 amide bonds. The largest absolute Gasteiger partial charge is 0.437 e. The van der Waals surface area contributed by atoms with E-state index >= 15 is 0 Å². The van der Waals surface area contributed by atoms with Crippen molar-refractivity contribution in [1.29, 1.82) is 0 Å². The highest BCUT2D eigenvalue weighted by atomic mass is 16.3. The molecule has 1 aliphatic heterocycles. The van der Waals surface area contributed by atoms with Crippen LogP contribution in [0.4, 0.5) is 5.69 Å². The van der Waals surface area contributed by atoms with Crippen LogP contribution in [0.5, 0.6) is 0 Å². The molecule has 1 N–H and O–H groups in total. The number of hydrogen-bond acceptors (Lipinski definition) is 4. The van der Waals surface area contributed by atoms with Gasteiger partial charge < -0.3 is 9.73 Å². The molecule has 8 aromatic rings. The maximum absolute atomic E-state index is 6.44. The van der Waals surface area contributed by atoms with Crippen molar-refractivity contribution in [3.8, 4) is 17.2 Å². The number of nitrogens with zero attached hydrogens (tertiary/aromatic N) is 3. The molecule has 5 nitrogen and oxygen atoms in total. The monoisotopic (exact) mass is 566 g/mol. The number of furan rings is 1. The third-order valence-corrected chi connectivity index (χ3v) is 9.55. The third kappa shape index (κ3) is 3.13. The Balaban J connectivity index is 1.30. The van der Waals surface area contributed by atoms with E-state index in [4.69, 9.17) is 14.4 Å². The molecular weight excluding hydrogens is 540 g/mol. The number of nitrogens with one attached hydrogen (secondary N) is 1. The van der Waals surface area contributed by atoms with E-state index in [-0.39, 0.29) is 11.5 Å². The second-order valence-corrected chi connectivity index (χ2v) is 12.1. The molecule has 208 valence electrons. The zero-order valence-corrected chi connectivity index (χ0v) is 24.0. The molecule has 2 aliphatic rings. The molecule has 0 saturated heterocycles. The first-order valence-corrected chi connectivity index (χ1v) is 15.0. The van der Waals surface area contributed by atoms with Gasteiger partial charge in [-0.25, -0.2) is 4.98 Å². The van der Waals surface area contributed by atoms with E-state index in [1.54, 1.807) is 0 Å². The predicted octanol–water partition coefficient (Wildman–Crippen LogP) is 9.48. The van der Waals surface area contributed by atoms with Crippen LogP contribution in [0.3, 0.4) is 0 Å². The molecule has 1 aliphatic carbocycles. The normalized spacial score (nSPS) is 18.5. The van der Waals surface area contributed by atoms with Crippen molar-refractivity contribution in [2.75, 3.05) is 5.32 Å². The van der Waals surface area contributed by atoms with Crippen molar-refractivity contribution in [2.45, 2.75) is 18.4 Å². The first-order chi connectivity index (χ1) is 21.7. The van der Waals surface area contributed by atoms with E-state index < -0.39 is 0 Å². The number of hydrogen-bond donors (Lipinski definition) is 1. The van der Waals surface area contributed by atoms with Gasteiger partial charge >= 0.3 is 0 Å². The first-order valence-electron chi connectivity index (χ1n) is 15.0. The van der Waals surface area contributed by atoms with Gasteiger partial charge in [0.05, 0.1) is 27.8 Å². The molecule has 0 fully saturated rings. The van der Waals surface area contributed by atoms with Gasteiger partial charge in [0.25, 0.3) is 0 Å². The first kappa shape index (κ1) is 23.8. The second-order valence-electron chi connectivity index (χ2n) is 12.1. The Morgan fingerprint density at radius 1 is 0.773 bits per heavy atom. The Bertz CT molecular complexity index is 2520. The Kier molecular flexibility index (Phi) is 4.58. The quantitative estimate of drug-likeness (QED) is 0.226. The Morgan fingerprint density at radius 2 is 1.55 bits per heavy atom. The lowest BCUT2D eigenvalue weighted by Crippen LogP contribution is -2.36. The molecule has 5 heteroatoms. The highest BCUT2D eigenvalue weighted by molar-refractivity contribution is 6.11. The van der Waals surface area contributed by atoms with Crippen LogP contribution in [-0.2, 0) is 0 Å². The lowest BCUT2D eigenvalue weighted by atomic mass is 9.75. The average molecular weight is 567 g/mol. The van der Waals surface area contributed by atoms with Crippen LogP contribution in [0.15, 0.2) is 126 Å². The van der Waals surface area contributed by atoms with E-state index in [0.29, 0.717) is 11.7 Å². The van der Waals surface area contributed by atoms with E-state index in [0.717, 1.165) is 38.8 Å². The fourth-order valence-corrected chi connectivity index (χ4v) is 7.62. The molecule has 0 radical (unpaired) electrons. The van der Waals surface area contributed by atoms with Gasteiger partial charge in [0.2, 0.25) is 11.7 Å². The van der Waals surface area contributed by atoms with Crippen molar-refractivity contribution in [1.82, 2.24) is 14.5 Å². The van der Waals surface area contributed by atoms with Gasteiger partial charge in [0, 0.05) is 27.9 Å². The van der Waals surface area contributed by atoms with Crippen molar-refractivity contribution >= 4 is 55.5 Å². The number of fused-ring (bicyclic) bond motifs is 11. The number of aromatic nitrogens is 3. The van der Waals surface area contributed by atoms with Crippen LogP contribution in [-0.4, -0.2) is 20.1 Å². The lowest BCUT2D eigenvalue weighted by Gasteiger charge is -2.33. The van der Waals surface area contributed by atoms with Crippen LogP contribution in [0.2, 0.25) is 0 Å². The summed E-state index contributed by atoms with van der Waals surface area (Å²) in [6, 6.07) is 40.4. The highest BCUT2D eigenvalue weighted by Gasteiger charge is 2.46. The molecule has 0 spiro atoms. The summed E-state index contributed by atoms with van der Waals surface area (Å²) in [7, 11) is 0. The van der Waals surface area contributed by atoms with E-state index in [2.05, 4.69) is 126 Å². The number of anilines is 1. The van der Waals surface area contributed by atoms with Gasteiger partial charge in [-0.3, -0.25) is 4.57 Å². The maximum atomic E-state index is 6.44. The van der Waals surface area contributed by atoms with Crippen LogP contribution >= 0.6 is 0 Å². The summed E-state index contributed by atoms with van der Waals surface area (Å²) in [4.78, 5) is 10.5. The predicted molar refractivity (Wildman–Crippen MR) is 178 cm³/mol. The molecular formula is C39H26N4O. The van der Waals surface area contributed by atoms with Gasteiger partial charge in [-0.15, -0.1) is 0 Å². The third-order valence-electron chi connectivity index (χ3n) is 9.55. The highest BCUT2D eigenvalue weighted by Crippen LogP contribution is 2.53. The minimum atomic E-state index is -0.231. The molecule has 4 heterocycles. The lowest BCUT2D eigenvalue weighted by molar-refractivity contribution is 0.583. The van der Waals surface area contributed by atoms with Gasteiger partial charge in [0.1, 0.15) is 5.58 Å². The summed E-state index contributed by atoms with van der Waals surface area (Å²) in [5.41, 5.74) is 9.04. The van der Waals surface area contributed by atoms with E-state index in [1.165, 1.54) is 33.0 Å². The summed E-state index contributed by atoms with van der Waals surface area (Å²) in [6.07, 6.45) is 4.55. The van der Waals surface area contributed by atoms with Gasteiger partial charge in [0.15, 0.2) is 0 Å². The molecule has 3 aromatic heterocycles. The van der Waals surface area contributed by atoms with Crippen molar-refractivity contribution in [2.24, 2.45) is 0 Å². The SMILES string of the molecule is CC12C=Cc3c(c4ccccc4n3-c3nc(-c4ccc5ccccc5c4)c4c(n3)oc3ccccc34)C1c1ccccc1N2. The van der Waals surface area contributed by atoms with E-state index in [9.17, 15) is 0 Å². The van der Waals surface area contributed by atoms with Crippen molar-refractivity contribution in [3.05, 3.63) is 138 Å². The number of para-hydroxylation sites is 3. The molecule has 44 heavy (non-hydrogen) atoms. The maximum Gasteiger partial charge on any atom is 0.238 e. The van der Waals surface area contributed by atoms with Crippen molar-refractivity contribution in [3.63, 3.8) is 0 Å². The fourth-order valence-electron chi connectivity index (χ4n) is 7.62.